The summed E-state index contributed by atoms with van der Waals surface area (Å²) in [7, 11) is 0. The van der Waals surface area contributed by atoms with Crippen molar-refractivity contribution in [2.45, 2.75) is 90.4 Å². The van der Waals surface area contributed by atoms with Gasteiger partial charge in [0.05, 0.1) is 12.5 Å². The van der Waals surface area contributed by atoms with E-state index in [1.54, 1.807) is 0 Å². The molecule has 0 heterocycles. The molecule has 3 heteroatoms. The highest BCUT2D eigenvalue weighted by atomic mass is 16.5. The topological polar surface area (TPSA) is 43.4 Å². The molecule has 3 unspecified atom stereocenters. The number of unbranched alkanes of at least 4 members (excludes halogenated alkanes) is 1. The summed E-state index contributed by atoms with van der Waals surface area (Å²) in [6.45, 7) is 5.03. The molecule has 0 aromatic heterocycles. The Hall–Kier alpha value is -1.64. The van der Waals surface area contributed by atoms with Crippen LogP contribution >= 0.6 is 0 Å². The van der Waals surface area contributed by atoms with Crippen LogP contribution in [0, 0.1) is 17.8 Å². The second-order valence-electron chi connectivity index (χ2n) is 9.12. The summed E-state index contributed by atoms with van der Waals surface area (Å²) in [5.74, 6) is 1.58. The van der Waals surface area contributed by atoms with E-state index >= 15 is 0 Å². The molecular formula is C26H38O3. The molecule has 2 fully saturated rings. The van der Waals surface area contributed by atoms with Crippen LogP contribution in [0.15, 0.2) is 24.3 Å². The molecule has 0 N–H and O–H groups in total. The van der Waals surface area contributed by atoms with E-state index in [2.05, 4.69) is 26.0 Å². The van der Waals surface area contributed by atoms with E-state index in [0.717, 1.165) is 62.9 Å². The Morgan fingerprint density at radius 1 is 1.03 bits per heavy atom. The fraction of sp³-hybridized carbons (Fsp3) is 0.692. The van der Waals surface area contributed by atoms with E-state index in [9.17, 15) is 9.59 Å². The van der Waals surface area contributed by atoms with Gasteiger partial charge in [-0.2, -0.15) is 0 Å². The summed E-state index contributed by atoms with van der Waals surface area (Å²) in [4.78, 5) is 26.4. The van der Waals surface area contributed by atoms with Gasteiger partial charge in [0, 0.05) is 12.3 Å². The molecule has 0 spiro atoms. The monoisotopic (exact) mass is 398 g/mol. The Morgan fingerprint density at radius 2 is 1.76 bits per heavy atom. The second-order valence-corrected chi connectivity index (χ2v) is 9.12. The molecular weight excluding hydrogens is 360 g/mol. The minimum atomic E-state index is -0.384. The van der Waals surface area contributed by atoms with Crippen LogP contribution in [0.2, 0.25) is 0 Å². The number of carbonyl (C=O) groups is 2. The number of carbonyl (C=O) groups excluding carboxylic acids is 2. The number of benzene rings is 1. The van der Waals surface area contributed by atoms with Crippen molar-refractivity contribution in [3.05, 3.63) is 29.8 Å². The van der Waals surface area contributed by atoms with Gasteiger partial charge in [0.2, 0.25) is 0 Å². The molecule has 1 aromatic rings. The first-order valence-electron chi connectivity index (χ1n) is 11.9. The fourth-order valence-electron chi connectivity index (χ4n) is 5.20. The lowest BCUT2D eigenvalue weighted by Gasteiger charge is -2.34. The summed E-state index contributed by atoms with van der Waals surface area (Å²) in [5.41, 5.74) is 1.08. The van der Waals surface area contributed by atoms with Gasteiger partial charge in [-0.15, -0.1) is 0 Å². The van der Waals surface area contributed by atoms with Crippen molar-refractivity contribution in [2.75, 3.05) is 6.61 Å². The summed E-state index contributed by atoms with van der Waals surface area (Å²) >= 11 is 0. The Labute approximate surface area is 176 Å². The molecule has 3 rings (SSSR count). The van der Waals surface area contributed by atoms with Crippen molar-refractivity contribution in [1.29, 1.82) is 0 Å². The largest absolute Gasteiger partial charge is 0.494 e. The highest BCUT2D eigenvalue weighted by Gasteiger charge is 2.40. The van der Waals surface area contributed by atoms with Crippen molar-refractivity contribution < 1.29 is 14.3 Å². The molecule has 1 aromatic carbocycles. The lowest BCUT2D eigenvalue weighted by Crippen LogP contribution is -2.36. The average Bonchev–Trinajstić information content (AvgIpc) is 2.75. The molecule has 0 aliphatic heterocycles. The van der Waals surface area contributed by atoms with Crippen molar-refractivity contribution in [1.82, 2.24) is 0 Å². The standard InChI is InChI=1S/C26H38O3/c1-3-5-17-29-22-14-12-21(13-15-22)25(20-9-7-6-8-10-20)26(28)23-16-11-19(4-2)18-24(23)27/h12-15,19-20,23,25H,3-11,16-18H2,1-2H3. The number of hydrogen-bond donors (Lipinski definition) is 0. The summed E-state index contributed by atoms with van der Waals surface area (Å²) in [6, 6.07) is 8.15. The van der Waals surface area contributed by atoms with Crippen LogP contribution < -0.4 is 4.74 Å². The van der Waals surface area contributed by atoms with Gasteiger partial charge in [-0.05, 0) is 61.6 Å². The van der Waals surface area contributed by atoms with Crippen LogP contribution in [0.3, 0.4) is 0 Å². The molecule has 160 valence electrons. The number of rotatable bonds is 9. The lowest BCUT2D eigenvalue weighted by atomic mass is 9.68. The molecule has 2 saturated carbocycles. The van der Waals surface area contributed by atoms with Crippen molar-refractivity contribution >= 4 is 11.6 Å². The third-order valence-electron chi connectivity index (χ3n) is 7.10. The highest BCUT2D eigenvalue weighted by molar-refractivity contribution is 6.05. The second kappa shape index (κ2) is 10.9. The van der Waals surface area contributed by atoms with Gasteiger partial charge in [0.1, 0.15) is 11.5 Å². The number of Topliss-reactive ketones (excluding diaryl/α,β-unsaturated/α-hetero) is 2. The maximum absolute atomic E-state index is 13.6. The van der Waals surface area contributed by atoms with Gasteiger partial charge in [-0.25, -0.2) is 0 Å². The average molecular weight is 399 g/mol. The van der Waals surface area contributed by atoms with Crippen LogP contribution in [-0.2, 0) is 9.59 Å². The molecule has 2 aliphatic carbocycles. The van der Waals surface area contributed by atoms with Gasteiger partial charge in [-0.3, -0.25) is 9.59 Å². The first kappa shape index (κ1) is 22.1. The van der Waals surface area contributed by atoms with Gasteiger partial charge in [-0.1, -0.05) is 58.1 Å². The first-order chi connectivity index (χ1) is 14.1. The third-order valence-corrected chi connectivity index (χ3v) is 7.10. The Morgan fingerprint density at radius 3 is 2.38 bits per heavy atom. The van der Waals surface area contributed by atoms with Crippen LogP contribution in [0.25, 0.3) is 0 Å². The Balaban J connectivity index is 1.77. The van der Waals surface area contributed by atoms with Crippen molar-refractivity contribution in [3.8, 4) is 5.75 Å². The van der Waals surface area contributed by atoms with Crippen molar-refractivity contribution in [2.24, 2.45) is 17.8 Å². The zero-order valence-corrected chi connectivity index (χ0v) is 18.3. The van der Waals surface area contributed by atoms with Crippen LogP contribution in [0.5, 0.6) is 5.75 Å². The summed E-state index contributed by atoms with van der Waals surface area (Å²) in [5, 5.41) is 0. The number of hydrogen-bond acceptors (Lipinski definition) is 3. The number of ether oxygens (including phenoxy) is 1. The molecule has 29 heavy (non-hydrogen) atoms. The molecule has 0 radical (unpaired) electrons. The van der Waals surface area contributed by atoms with E-state index < -0.39 is 0 Å². The fourth-order valence-corrected chi connectivity index (χ4v) is 5.20. The molecule has 0 bridgehead atoms. The normalized spacial score (nSPS) is 24.3. The smallest absolute Gasteiger partial charge is 0.151 e. The zero-order chi connectivity index (χ0) is 20.6. The summed E-state index contributed by atoms with van der Waals surface area (Å²) in [6.07, 6.45) is 11.4. The molecule has 2 aliphatic rings. The predicted molar refractivity (Wildman–Crippen MR) is 117 cm³/mol. The highest BCUT2D eigenvalue weighted by Crippen LogP contribution is 2.41. The minimum absolute atomic E-state index is 0.132. The Bertz CT molecular complexity index is 657. The molecule has 3 atom stereocenters. The molecule has 0 saturated heterocycles. The molecule has 3 nitrogen and oxygen atoms in total. The quantitative estimate of drug-likeness (QED) is 0.352. The van der Waals surface area contributed by atoms with E-state index in [1.807, 2.05) is 12.1 Å². The zero-order valence-electron chi connectivity index (χ0n) is 18.3. The van der Waals surface area contributed by atoms with Crippen LogP contribution in [0.1, 0.15) is 96.0 Å². The predicted octanol–water partition coefficient (Wildman–Crippen LogP) is 6.49. The van der Waals surface area contributed by atoms with E-state index in [1.165, 1.54) is 19.3 Å². The van der Waals surface area contributed by atoms with Crippen LogP contribution in [-0.4, -0.2) is 18.2 Å². The first-order valence-corrected chi connectivity index (χ1v) is 11.9. The van der Waals surface area contributed by atoms with Gasteiger partial charge < -0.3 is 4.74 Å². The van der Waals surface area contributed by atoms with Crippen LogP contribution in [0.4, 0.5) is 0 Å². The third kappa shape index (κ3) is 5.71. The SMILES string of the molecule is CCCCOc1ccc(C(C(=O)C2CCC(CC)CC2=O)C2CCCCC2)cc1. The van der Waals surface area contributed by atoms with E-state index in [-0.39, 0.29) is 23.4 Å². The van der Waals surface area contributed by atoms with E-state index in [0.29, 0.717) is 18.3 Å². The summed E-state index contributed by atoms with van der Waals surface area (Å²) < 4.78 is 5.81. The van der Waals surface area contributed by atoms with E-state index in [4.69, 9.17) is 4.74 Å². The lowest BCUT2D eigenvalue weighted by molar-refractivity contribution is -0.137. The number of ketones is 2. The van der Waals surface area contributed by atoms with Gasteiger partial charge in [0.15, 0.2) is 5.78 Å². The molecule has 0 amide bonds. The minimum Gasteiger partial charge on any atom is -0.494 e. The maximum Gasteiger partial charge on any atom is 0.151 e. The van der Waals surface area contributed by atoms with Crippen molar-refractivity contribution in [3.63, 3.8) is 0 Å². The van der Waals surface area contributed by atoms with Gasteiger partial charge >= 0.3 is 0 Å². The maximum atomic E-state index is 13.6. The Kier molecular flexibility index (Phi) is 8.32. The van der Waals surface area contributed by atoms with Gasteiger partial charge in [0.25, 0.3) is 0 Å².